The molecule has 22 heavy (non-hydrogen) atoms. The van der Waals surface area contributed by atoms with E-state index < -0.39 is 0 Å². The lowest BCUT2D eigenvalue weighted by Gasteiger charge is -2.24. The van der Waals surface area contributed by atoms with E-state index in [0.29, 0.717) is 0 Å². The number of rotatable bonds is 5. The van der Waals surface area contributed by atoms with Gasteiger partial charge in [-0.15, -0.1) is 0 Å². The van der Waals surface area contributed by atoms with Gasteiger partial charge in [0.05, 0.1) is 0 Å². The number of carbonyl (C=O) groups is 1. The zero-order valence-corrected chi connectivity index (χ0v) is 13.3. The zero-order chi connectivity index (χ0) is 15.5. The number of amides is 1. The Hall–Kier alpha value is -1.81. The average Bonchev–Trinajstić information content (AvgIpc) is 2.80. The molecule has 0 aliphatic carbocycles. The Kier molecular flexibility index (Phi) is 4.48. The van der Waals surface area contributed by atoms with Crippen LogP contribution in [0.2, 0.25) is 0 Å². The maximum atomic E-state index is 13.1. The summed E-state index contributed by atoms with van der Waals surface area (Å²) in [5.41, 5.74) is 1.84. The van der Waals surface area contributed by atoms with E-state index in [1.54, 1.807) is 23.9 Å². The lowest BCUT2D eigenvalue weighted by molar-refractivity contribution is 0.0771. The number of fused-ring (bicyclic) bond motifs is 1. The van der Waals surface area contributed by atoms with Gasteiger partial charge in [0.25, 0.3) is 5.91 Å². The first-order valence-corrected chi connectivity index (χ1v) is 8.41. The molecule has 3 rings (SSSR count). The van der Waals surface area contributed by atoms with E-state index in [-0.39, 0.29) is 17.1 Å². The topological polar surface area (TPSA) is 20.3 Å². The summed E-state index contributed by atoms with van der Waals surface area (Å²) >= 11 is 1.60. The first-order chi connectivity index (χ1) is 10.7. The Balaban J connectivity index is 1.90. The van der Waals surface area contributed by atoms with Gasteiger partial charge >= 0.3 is 0 Å². The number of thioether (sulfide) groups is 1. The fourth-order valence-electron chi connectivity index (χ4n) is 2.65. The molecule has 1 heterocycles. The van der Waals surface area contributed by atoms with Crippen LogP contribution >= 0.6 is 11.8 Å². The number of hydrogen-bond acceptors (Lipinski definition) is 2. The predicted molar refractivity (Wildman–Crippen MR) is 87.4 cm³/mol. The van der Waals surface area contributed by atoms with Gasteiger partial charge in [0.1, 0.15) is 11.2 Å². The zero-order valence-electron chi connectivity index (χ0n) is 12.5. The molecule has 114 valence electrons. The number of nitrogens with zero attached hydrogens (tertiary/aromatic N) is 1. The van der Waals surface area contributed by atoms with Gasteiger partial charge in [-0.1, -0.05) is 43.3 Å². The molecular formula is C18H18FNOS. The molecule has 1 aliphatic heterocycles. The Morgan fingerprint density at radius 2 is 1.86 bits per heavy atom. The van der Waals surface area contributed by atoms with Crippen LogP contribution in [0, 0.1) is 5.82 Å². The van der Waals surface area contributed by atoms with Crippen LogP contribution in [0.1, 0.15) is 41.1 Å². The number of carbonyl (C=O) groups excluding carboxylic acids is 1. The van der Waals surface area contributed by atoms with Gasteiger partial charge in [-0.3, -0.25) is 4.79 Å². The van der Waals surface area contributed by atoms with Crippen LogP contribution in [0.25, 0.3) is 0 Å². The van der Waals surface area contributed by atoms with Gasteiger partial charge in [-0.25, -0.2) is 4.39 Å². The molecule has 0 unspecified atom stereocenters. The lowest BCUT2D eigenvalue weighted by atomic mass is 10.1. The van der Waals surface area contributed by atoms with Crippen LogP contribution in [0.3, 0.4) is 0 Å². The molecule has 2 nitrogen and oxygen atoms in total. The van der Waals surface area contributed by atoms with Crippen molar-refractivity contribution in [3.05, 3.63) is 65.5 Å². The number of hydrogen-bond donors (Lipinski definition) is 0. The van der Waals surface area contributed by atoms with E-state index >= 15 is 0 Å². The van der Waals surface area contributed by atoms with Crippen LogP contribution in [-0.4, -0.2) is 17.4 Å². The molecule has 0 radical (unpaired) electrons. The molecular weight excluding hydrogens is 297 g/mol. The number of unbranched alkanes of at least 4 members (excludes halogenated alkanes) is 1. The van der Waals surface area contributed by atoms with Crippen molar-refractivity contribution in [2.24, 2.45) is 0 Å². The molecule has 0 aromatic heterocycles. The molecule has 0 saturated heterocycles. The second kappa shape index (κ2) is 6.53. The quantitative estimate of drug-likeness (QED) is 0.784. The van der Waals surface area contributed by atoms with Gasteiger partial charge < -0.3 is 4.90 Å². The summed E-state index contributed by atoms with van der Waals surface area (Å²) in [7, 11) is 0. The first-order valence-electron chi connectivity index (χ1n) is 7.53. The van der Waals surface area contributed by atoms with E-state index in [0.717, 1.165) is 35.4 Å². The minimum atomic E-state index is -0.241. The summed E-state index contributed by atoms with van der Waals surface area (Å²) in [6.45, 7) is 2.87. The highest BCUT2D eigenvalue weighted by Crippen LogP contribution is 2.44. The molecule has 0 N–H and O–H groups in total. The fraction of sp³-hybridized carbons (Fsp3) is 0.278. The summed E-state index contributed by atoms with van der Waals surface area (Å²) < 4.78 is 13.1. The molecule has 2 aromatic rings. The second-order valence-corrected chi connectivity index (χ2v) is 6.52. The van der Waals surface area contributed by atoms with Crippen molar-refractivity contribution in [2.75, 3.05) is 6.54 Å². The largest absolute Gasteiger partial charge is 0.322 e. The third-order valence-corrected chi connectivity index (χ3v) is 5.09. The molecule has 2 aromatic carbocycles. The summed E-state index contributed by atoms with van der Waals surface area (Å²) in [5, 5.41) is -0.0271. The highest BCUT2D eigenvalue weighted by atomic mass is 32.2. The van der Waals surface area contributed by atoms with E-state index in [2.05, 4.69) is 6.92 Å². The van der Waals surface area contributed by atoms with Crippen molar-refractivity contribution in [3.63, 3.8) is 0 Å². The fourth-order valence-corrected chi connectivity index (χ4v) is 3.86. The molecule has 0 fully saturated rings. The minimum Gasteiger partial charge on any atom is -0.322 e. The van der Waals surface area contributed by atoms with Crippen LogP contribution in [0.15, 0.2) is 53.4 Å². The summed E-state index contributed by atoms with van der Waals surface area (Å²) in [5.74, 6) is -0.140. The first kappa shape index (κ1) is 15.1. The van der Waals surface area contributed by atoms with Crippen LogP contribution in [0.4, 0.5) is 4.39 Å². The van der Waals surface area contributed by atoms with Gasteiger partial charge in [0.15, 0.2) is 0 Å². The van der Waals surface area contributed by atoms with Crippen LogP contribution in [0.5, 0.6) is 0 Å². The van der Waals surface area contributed by atoms with Gasteiger partial charge in [-0.05, 0) is 42.3 Å². The molecule has 1 amide bonds. The van der Waals surface area contributed by atoms with Crippen molar-refractivity contribution in [2.45, 2.75) is 30.0 Å². The Labute approximate surface area is 134 Å². The smallest absolute Gasteiger partial charge is 0.255 e. The Morgan fingerprint density at radius 3 is 2.59 bits per heavy atom. The monoisotopic (exact) mass is 315 g/mol. The van der Waals surface area contributed by atoms with E-state index in [4.69, 9.17) is 0 Å². The number of benzene rings is 2. The highest BCUT2D eigenvalue weighted by molar-refractivity contribution is 7.99. The molecule has 0 bridgehead atoms. The van der Waals surface area contributed by atoms with Crippen molar-refractivity contribution in [1.29, 1.82) is 0 Å². The molecule has 1 aliphatic rings. The summed E-state index contributed by atoms with van der Waals surface area (Å²) in [4.78, 5) is 15.5. The Morgan fingerprint density at radius 1 is 1.14 bits per heavy atom. The maximum Gasteiger partial charge on any atom is 0.255 e. The lowest BCUT2D eigenvalue weighted by Crippen LogP contribution is -2.27. The SMILES string of the molecule is CCCCN1C(=O)c2ccccc2[C@H]1Sc1ccc(F)cc1. The van der Waals surface area contributed by atoms with Gasteiger partial charge in [-0.2, -0.15) is 0 Å². The third kappa shape index (κ3) is 2.88. The number of halogens is 1. The molecule has 1 atom stereocenters. The van der Waals surface area contributed by atoms with Gasteiger partial charge in [0.2, 0.25) is 0 Å². The molecule has 4 heteroatoms. The Bertz CT molecular complexity index is 671. The van der Waals surface area contributed by atoms with Crippen LogP contribution < -0.4 is 0 Å². The molecule has 0 spiro atoms. The van der Waals surface area contributed by atoms with Gasteiger partial charge in [0, 0.05) is 17.0 Å². The van der Waals surface area contributed by atoms with Crippen molar-refractivity contribution in [1.82, 2.24) is 4.90 Å². The summed E-state index contributed by atoms with van der Waals surface area (Å²) in [6, 6.07) is 14.2. The second-order valence-electron chi connectivity index (χ2n) is 5.36. The predicted octanol–water partition coefficient (Wildman–Crippen LogP) is 4.87. The standard InChI is InChI=1S/C18H18FNOS/c1-2-3-12-20-17(21)15-6-4-5-7-16(15)18(20)22-14-10-8-13(19)9-11-14/h4-11,18H,2-3,12H2,1H3/t18-/m1/s1. The summed E-state index contributed by atoms with van der Waals surface area (Å²) in [6.07, 6.45) is 2.04. The van der Waals surface area contributed by atoms with E-state index in [9.17, 15) is 9.18 Å². The third-order valence-electron chi connectivity index (χ3n) is 3.82. The van der Waals surface area contributed by atoms with Crippen LogP contribution in [-0.2, 0) is 0 Å². The maximum absolute atomic E-state index is 13.1. The highest BCUT2D eigenvalue weighted by Gasteiger charge is 2.36. The van der Waals surface area contributed by atoms with E-state index in [1.165, 1.54) is 12.1 Å². The normalized spacial score (nSPS) is 16.9. The van der Waals surface area contributed by atoms with Crippen molar-refractivity contribution in [3.8, 4) is 0 Å². The molecule has 0 saturated carbocycles. The van der Waals surface area contributed by atoms with Crippen molar-refractivity contribution >= 4 is 17.7 Å². The minimum absolute atomic E-state index is 0.0271. The van der Waals surface area contributed by atoms with Crippen molar-refractivity contribution < 1.29 is 9.18 Å². The van der Waals surface area contributed by atoms with E-state index in [1.807, 2.05) is 29.2 Å². The average molecular weight is 315 g/mol.